The highest BCUT2D eigenvalue weighted by Crippen LogP contribution is 2.20. The Morgan fingerprint density at radius 2 is 2.27 bits per heavy atom. The molecule has 0 aromatic heterocycles. The first-order valence-electron chi connectivity index (χ1n) is 6.03. The van der Waals surface area contributed by atoms with Gasteiger partial charge in [-0.05, 0) is 30.5 Å². The van der Waals surface area contributed by atoms with Gasteiger partial charge >= 0.3 is 0 Å². The zero-order valence-electron chi connectivity index (χ0n) is 10.6. The molecule has 1 rings (SSSR count). The summed E-state index contributed by atoms with van der Waals surface area (Å²) in [5.74, 6) is 0.695. The molecule has 1 nitrogen and oxygen atoms in total. The van der Waals surface area contributed by atoms with Crippen molar-refractivity contribution in [2.75, 3.05) is 0 Å². The van der Waals surface area contributed by atoms with E-state index in [1.165, 1.54) is 12.0 Å². The van der Waals surface area contributed by atoms with E-state index in [2.05, 4.69) is 44.0 Å². The van der Waals surface area contributed by atoms with Crippen LogP contribution in [0.5, 0.6) is 0 Å². The normalized spacial score (nSPS) is 20.8. The van der Waals surface area contributed by atoms with E-state index in [4.69, 9.17) is 0 Å². The molecule has 0 radical (unpaired) electrons. The second kappa shape index (κ2) is 8.34. The number of hydrogen-bond donors (Lipinski definition) is 1. The second-order valence-electron chi connectivity index (χ2n) is 3.59. The lowest BCUT2D eigenvalue weighted by Crippen LogP contribution is -2.22. The number of allylic oxidation sites excluding steroid dienone is 2. The van der Waals surface area contributed by atoms with Gasteiger partial charge in [-0.3, -0.25) is 0 Å². The van der Waals surface area contributed by atoms with E-state index >= 15 is 0 Å². The Labute approximate surface area is 95.0 Å². The Morgan fingerprint density at radius 3 is 2.67 bits per heavy atom. The molecule has 0 aromatic rings. The summed E-state index contributed by atoms with van der Waals surface area (Å²) in [5.41, 5.74) is 1.48. The monoisotopic (exact) mass is 207 g/mol. The SMILES string of the molecule is C=CNC1C=CC(C(C)CC)=CC1.CC. The summed E-state index contributed by atoms with van der Waals surface area (Å²) in [6, 6.07) is 0.449. The average Bonchev–Trinajstić information content (AvgIpc) is 2.32. The van der Waals surface area contributed by atoms with Crippen molar-refractivity contribution in [3.8, 4) is 0 Å². The van der Waals surface area contributed by atoms with Crippen molar-refractivity contribution >= 4 is 0 Å². The van der Waals surface area contributed by atoms with Crippen LogP contribution in [-0.2, 0) is 0 Å². The van der Waals surface area contributed by atoms with Gasteiger partial charge in [0.15, 0.2) is 0 Å². The first-order chi connectivity index (χ1) is 7.27. The predicted octanol–water partition coefficient (Wildman–Crippen LogP) is 4.05. The number of hydrogen-bond acceptors (Lipinski definition) is 1. The first-order valence-corrected chi connectivity index (χ1v) is 6.03. The molecule has 86 valence electrons. The van der Waals surface area contributed by atoms with Crippen LogP contribution in [0.1, 0.15) is 40.5 Å². The van der Waals surface area contributed by atoms with Crippen LogP contribution < -0.4 is 5.32 Å². The summed E-state index contributed by atoms with van der Waals surface area (Å²) in [4.78, 5) is 0. The molecule has 0 bridgehead atoms. The van der Waals surface area contributed by atoms with Crippen molar-refractivity contribution in [2.24, 2.45) is 5.92 Å². The molecule has 1 heteroatoms. The van der Waals surface area contributed by atoms with Gasteiger partial charge in [0.05, 0.1) is 0 Å². The molecule has 2 unspecified atom stereocenters. The molecule has 0 aromatic carbocycles. The van der Waals surface area contributed by atoms with Crippen LogP contribution in [0.15, 0.2) is 36.6 Å². The van der Waals surface area contributed by atoms with E-state index in [0.29, 0.717) is 12.0 Å². The quantitative estimate of drug-likeness (QED) is 0.733. The third-order valence-corrected chi connectivity index (χ3v) is 2.64. The fourth-order valence-electron chi connectivity index (χ4n) is 1.51. The molecule has 2 atom stereocenters. The number of nitrogens with one attached hydrogen (secondary N) is 1. The number of rotatable bonds is 4. The topological polar surface area (TPSA) is 12.0 Å². The average molecular weight is 207 g/mol. The summed E-state index contributed by atoms with van der Waals surface area (Å²) in [6.45, 7) is 12.2. The van der Waals surface area contributed by atoms with Gasteiger partial charge in [-0.15, -0.1) is 0 Å². The maximum atomic E-state index is 3.66. The van der Waals surface area contributed by atoms with Crippen molar-refractivity contribution in [1.29, 1.82) is 0 Å². The molecule has 0 amide bonds. The minimum Gasteiger partial charge on any atom is -0.385 e. The van der Waals surface area contributed by atoms with E-state index in [0.717, 1.165) is 6.42 Å². The summed E-state index contributed by atoms with van der Waals surface area (Å²) < 4.78 is 0. The Hall–Kier alpha value is -0.980. The van der Waals surface area contributed by atoms with Crippen molar-refractivity contribution in [2.45, 2.75) is 46.6 Å². The molecular weight excluding hydrogens is 182 g/mol. The Bertz CT molecular complexity index is 225. The lowest BCUT2D eigenvalue weighted by molar-refractivity contribution is 0.639. The molecular formula is C14H25N. The van der Waals surface area contributed by atoms with Crippen LogP contribution in [0.25, 0.3) is 0 Å². The lowest BCUT2D eigenvalue weighted by Gasteiger charge is -2.19. The molecule has 0 aliphatic heterocycles. The predicted molar refractivity (Wildman–Crippen MR) is 69.8 cm³/mol. The molecule has 0 saturated heterocycles. The standard InChI is InChI=1S/C12H19N.C2H6/c1-4-10(3)11-6-8-12(9-7-11)13-5-2;1-2/h5-8,10,12-13H,2,4,9H2,1,3H3;1-2H3. The summed E-state index contributed by atoms with van der Waals surface area (Å²) in [7, 11) is 0. The third-order valence-electron chi connectivity index (χ3n) is 2.64. The zero-order valence-corrected chi connectivity index (χ0v) is 10.6. The lowest BCUT2D eigenvalue weighted by atomic mass is 9.92. The molecule has 15 heavy (non-hydrogen) atoms. The highest BCUT2D eigenvalue weighted by molar-refractivity contribution is 5.27. The molecule has 1 aliphatic carbocycles. The highest BCUT2D eigenvalue weighted by Gasteiger charge is 2.09. The summed E-state index contributed by atoms with van der Waals surface area (Å²) in [5, 5.41) is 3.19. The van der Waals surface area contributed by atoms with Gasteiger partial charge in [0.25, 0.3) is 0 Å². The smallest absolute Gasteiger partial charge is 0.0476 e. The van der Waals surface area contributed by atoms with Crippen molar-refractivity contribution in [3.05, 3.63) is 36.6 Å². The zero-order chi connectivity index (χ0) is 11.7. The van der Waals surface area contributed by atoms with E-state index in [1.54, 1.807) is 6.20 Å². The van der Waals surface area contributed by atoms with Crippen LogP contribution in [0.4, 0.5) is 0 Å². The minimum absolute atomic E-state index is 0.449. The van der Waals surface area contributed by atoms with E-state index in [9.17, 15) is 0 Å². The van der Waals surface area contributed by atoms with Crippen LogP contribution in [-0.4, -0.2) is 6.04 Å². The molecule has 0 spiro atoms. The van der Waals surface area contributed by atoms with Crippen LogP contribution in [0.2, 0.25) is 0 Å². The van der Waals surface area contributed by atoms with Crippen LogP contribution in [0.3, 0.4) is 0 Å². The second-order valence-corrected chi connectivity index (χ2v) is 3.59. The molecule has 1 aliphatic rings. The van der Waals surface area contributed by atoms with E-state index in [-0.39, 0.29) is 0 Å². The van der Waals surface area contributed by atoms with E-state index < -0.39 is 0 Å². The molecule has 0 heterocycles. The Kier molecular flexibility index (Phi) is 7.79. The fourth-order valence-corrected chi connectivity index (χ4v) is 1.51. The molecule has 0 fully saturated rings. The van der Waals surface area contributed by atoms with Crippen LogP contribution >= 0.6 is 0 Å². The molecule has 1 N–H and O–H groups in total. The van der Waals surface area contributed by atoms with Gasteiger partial charge in [-0.25, -0.2) is 0 Å². The highest BCUT2D eigenvalue weighted by atomic mass is 14.9. The van der Waals surface area contributed by atoms with Crippen molar-refractivity contribution in [3.63, 3.8) is 0 Å². The van der Waals surface area contributed by atoms with Gasteiger partial charge in [0.1, 0.15) is 0 Å². The van der Waals surface area contributed by atoms with E-state index in [1.807, 2.05) is 13.8 Å². The Balaban J connectivity index is 0.000000921. The summed E-state index contributed by atoms with van der Waals surface area (Å²) >= 11 is 0. The largest absolute Gasteiger partial charge is 0.385 e. The van der Waals surface area contributed by atoms with Crippen molar-refractivity contribution in [1.82, 2.24) is 5.32 Å². The van der Waals surface area contributed by atoms with Gasteiger partial charge in [0, 0.05) is 6.04 Å². The Morgan fingerprint density at radius 1 is 1.60 bits per heavy atom. The van der Waals surface area contributed by atoms with Gasteiger partial charge in [0.2, 0.25) is 0 Å². The fraction of sp³-hybridized carbons (Fsp3) is 0.571. The van der Waals surface area contributed by atoms with Crippen molar-refractivity contribution < 1.29 is 0 Å². The van der Waals surface area contributed by atoms with Crippen LogP contribution in [0, 0.1) is 5.92 Å². The van der Waals surface area contributed by atoms with Gasteiger partial charge < -0.3 is 5.32 Å². The van der Waals surface area contributed by atoms with Gasteiger partial charge in [-0.2, -0.15) is 0 Å². The third kappa shape index (κ3) is 4.87. The minimum atomic E-state index is 0.449. The first kappa shape index (κ1) is 14.0. The maximum absolute atomic E-state index is 3.66. The summed E-state index contributed by atoms with van der Waals surface area (Å²) in [6.07, 6.45) is 10.9. The maximum Gasteiger partial charge on any atom is 0.0476 e. The molecule has 0 saturated carbocycles. The van der Waals surface area contributed by atoms with Gasteiger partial charge in [-0.1, -0.05) is 52.5 Å².